The van der Waals surface area contributed by atoms with Crippen molar-refractivity contribution in [1.82, 2.24) is 9.88 Å². The molecule has 2 heterocycles. The van der Waals surface area contributed by atoms with Crippen LogP contribution in [0.4, 0.5) is 5.69 Å². The molecule has 0 radical (unpaired) electrons. The quantitative estimate of drug-likeness (QED) is 0.747. The van der Waals surface area contributed by atoms with Gasteiger partial charge in [0.25, 0.3) is 0 Å². The molecule has 1 aliphatic heterocycles. The maximum absolute atomic E-state index is 4.05. The lowest BCUT2D eigenvalue weighted by Gasteiger charge is -2.35. The standard InChI is InChI=1S/C12H19N3/c1-2-7-14-8-10-15(11-9-14)12-3-5-13-6-4-12/h3-6H,2,7-11H2,1H3. The molecule has 2 rings (SSSR count). The van der Waals surface area contributed by atoms with Crippen molar-refractivity contribution in [2.24, 2.45) is 0 Å². The third-order valence-corrected chi connectivity index (χ3v) is 2.94. The van der Waals surface area contributed by atoms with E-state index in [9.17, 15) is 0 Å². The van der Waals surface area contributed by atoms with E-state index in [1.165, 1.54) is 31.7 Å². The third-order valence-electron chi connectivity index (χ3n) is 2.94. The molecule has 0 spiro atoms. The molecule has 1 fully saturated rings. The molecule has 1 aromatic rings. The van der Waals surface area contributed by atoms with Crippen molar-refractivity contribution >= 4 is 5.69 Å². The molecular weight excluding hydrogens is 186 g/mol. The average Bonchev–Trinajstić information content (AvgIpc) is 2.32. The van der Waals surface area contributed by atoms with Crippen LogP contribution < -0.4 is 4.90 Å². The lowest BCUT2D eigenvalue weighted by Crippen LogP contribution is -2.46. The van der Waals surface area contributed by atoms with Gasteiger partial charge in [-0.05, 0) is 25.1 Å². The second-order valence-electron chi connectivity index (χ2n) is 4.03. The Balaban J connectivity index is 1.88. The summed E-state index contributed by atoms with van der Waals surface area (Å²) in [5.74, 6) is 0. The van der Waals surface area contributed by atoms with E-state index in [-0.39, 0.29) is 0 Å². The molecule has 15 heavy (non-hydrogen) atoms. The SMILES string of the molecule is CCCN1CCN(c2ccncc2)CC1. The summed E-state index contributed by atoms with van der Waals surface area (Å²) in [6.07, 6.45) is 5.00. The Hall–Kier alpha value is -1.09. The highest BCUT2D eigenvalue weighted by Gasteiger charge is 2.15. The van der Waals surface area contributed by atoms with E-state index in [4.69, 9.17) is 0 Å². The summed E-state index contributed by atoms with van der Waals surface area (Å²) in [5, 5.41) is 0. The van der Waals surface area contributed by atoms with E-state index >= 15 is 0 Å². The monoisotopic (exact) mass is 205 g/mol. The lowest BCUT2D eigenvalue weighted by molar-refractivity contribution is 0.258. The van der Waals surface area contributed by atoms with Gasteiger partial charge in [0, 0.05) is 44.3 Å². The number of pyridine rings is 1. The maximum Gasteiger partial charge on any atom is 0.0397 e. The van der Waals surface area contributed by atoms with Crippen LogP contribution in [0.25, 0.3) is 0 Å². The van der Waals surface area contributed by atoms with Crippen molar-refractivity contribution in [3.05, 3.63) is 24.5 Å². The molecule has 0 bridgehead atoms. The first-order chi connectivity index (χ1) is 7.40. The number of hydrogen-bond donors (Lipinski definition) is 0. The maximum atomic E-state index is 4.05. The first kappa shape index (κ1) is 10.4. The Morgan fingerprint density at radius 1 is 1.13 bits per heavy atom. The number of hydrogen-bond acceptors (Lipinski definition) is 3. The predicted molar refractivity (Wildman–Crippen MR) is 63.2 cm³/mol. The molecule has 0 N–H and O–H groups in total. The second-order valence-corrected chi connectivity index (χ2v) is 4.03. The minimum absolute atomic E-state index is 1.14. The van der Waals surface area contributed by atoms with Crippen LogP contribution in [0.1, 0.15) is 13.3 Å². The largest absolute Gasteiger partial charge is 0.369 e. The van der Waals surface area contributed by atoms with Crippen LogP contribution >= 0.6 is 0 Å². The van der Waals surface area contributed by atoms with Gasteiger partial charge < -0.3 is 4.90 Å². The zero-order chi connectivity index (χ0) is 10.5. The lowest BCUT2D eigenvalue weighted by atomic mass is 10.2. The van der Waals surface area contributed by atoms with E-state index in [0.717, 1.165) is 13.1 Å². The smallest absolute Gasteiger partial charge is 0.0397 e. The van der Waals surface area contributed by atoms with Crippen LogP contribution in [0.5, 0.6) is 0 Å². The molecular formula is C12H19N3. The van der Waals surface area contributed by atoms with Gasteiger partial charge >= 0.3 is 0 Å². The average molecular weight is 205 g/mol. The highest BCUT2D eigenvalue weighted by atomic mass is 15.3. The molecule has 0 amide bonds. The van der Waals surface area contributed by atoms with Gasteiger partial charge in [0.05, 0.1) is 0 Å². The van der Waals surface area contributed by atoms with Gasteiger partial charge in [-0.15, -0.1) is 0 Å². The van der Waals surface area contributed by atoms with Gasteiger partial charge in [0.15, 0.2) is 0 Å². The summed E-state index contributed by atoms with van der Waals surface area (Å²) < 4.78 is 0. The first-order valence-electron chi connectivity index (χ1n) is 5.77. The zero-order valence-electron chi connectivity index (χ0n) is 9.39. The van der Waals surface area contributed by atoms with E-state index in [1.54, 1.807) is 0 Å². The Morgan fingerprint density at radius 2 is 1.80 bits per heavy atom. The molecule has 1 aliphatic rings. The van der Waals surface area contributed by atoms with Crippen LogP contribution in [0.15, 0.2) is 24.5 Å². The fraction of sp³-hybridized carbons (Fsp3) is 0.583. The molecule has 1 aromatic heterocycles. The topological polar surface area (TPSA) is 19.4 Å². The molecule has 0 saturated carbocycles. The van der Waals surface area contributed by atoms with Crippen LogP contribution in [0, 0.1) is 0 Å². The van der Waals surface area contributed by atoms with Gasteiger partial charge in [-0.25, -0.2) is 0 Å². The third kappa shape index (κ3) is 2.69. The van der Waals surface area contributed by atoms with Crippen LogP contribution in [0.2, 0.25) is 0 Å². The van der Waals surface area contributed by atoms with E-state index in [2.05, 4.69) is 33.8 Å². The number of nitrogens with zero attached hydrogens (tertiary/aromatic N) is 3. The van der Waals surface area contributed by atoms with Crippen molar-refractivity contribution in [3.63, 3.8) is 0 Å². The van der Waals surface area contributed by atoms with Crippen molar-refractivity contribution < 1.29 is 0 Å². The second kappa shape index (κ2) is 5.12. The summed E-state index contributed by atoms with van der Waals surface area (Å²) >= 11 is 0. The summed E-state index contributed by atoms with van der Waals surface area (Å²) in [6, 6.07) is 4.19. The van der Waals surface area contributed by atoms with Gasteiger partial charge in [0.2, 0.25) is 0 Å². The summed E-state index contributed by atoms with van der Waals surface area (Å²) in [7, 11) is 0. The highest BCUT2D eigenvalue weighted by molar-refractivity contribution is 5.44. The molecule has 0 aromatic carbocycles. The predicted octanol–water partition coefficient (Wildman–Crippen LogP) is 1.61. The highest BCUT2D eigenvalue weighted by Crippen LogP contribution is 2.14. The number of anilines is 1. The van der Waals surface area contributed by atoms with Crippen LogP contribution in [-0.2, 0) is 0 Å². The Bertz CT molecular complexity index is 278. The molecule has 82 valence electrons. The fourth-order valence-electron chi connectivity index (χ4n) is 2.10. The molecule has 0 aliphatic carbocycles. The first-order valence-corrected chi connectivity index (χ1v) is 5.77. The summed E-state index contributed by atoms with van der Waals surface area (Å²) in [6.45, 7) is 8.15. The van der Waals surface area contributed by atoms with Crippen LogP contribution in [0.3, 0.4) is 0 Å². The van der Waals surface area contributed by atoms with E-state index < -0.39 is 0 Å². The van der Waals surface area contributed by atoms with Gasteiger partial charge in [-0.1, -0.05) is 6.92 Å². The number of aromatic nitrogens is 1. The normalized spacial score (nSPS) is 18.1. The van der Waals surface area contributed by atoms with Crippen molar-refractivity contribution in [3.8, 4) is 0 Å². The number of rotatable bonds is 3. The Labute approximate surface area is 91.7 Å². The molecule has 3 heteroatoms. The minimum atomic E-state index is 1.14. The Morgan fingerprint density at radius 3 is 2.40 bits per heavy atom. The zero-order valence-corrected chi connectivity index (χ0v) is 9.39. The van der Waals surface area contributed by atoms with Crippen molar-refractivity contribution in [1.29, 1.82) is 0 Å². The molecule has 0 atom stereocenters. The molecule has 1 saturated heterocycles. The molecule has 3 nitrogen and oxygen atoms in total. The minimum Gasteiger partial charge on any atom is -0.369 e. The molecule has 0 unspecified atom stereocenters. The van der Waals surface area contributed by atoms with E-state index in [0.29, 0.717) is 0 Å². The van der Waals surface area contributed by atoms with Gasteiger partial charge in [-0.3, -0.25) is 9.88 Å². The summed E-state index contributed by atoms with van der Waals surface area (Å²) in [5.41, 5.74) is 1.31. The fourth-order valence-corrected chi connectivity index (χ4v) is 2.10. The van der Waals surface area contributed by atoms with Crippen molar-refractivity contribution in [2.45, 2.75) is 13.3 Å². The van der Waals surface area contributed by atoms with Gasteiger partial charge in [-0.2, -0.15) is 0 Å². The van der Waals surface area contributed by atoms with Crippen molar-refractivity contribution in [2.75, 3.05) is 37.6 Å². The van der Waals surface area contributed by atoms with Crippen LogP contribution in [-0.4, -0.2) is 42.6 Å². The van der Waals surface area contributed by atoms with E-state index in [1.807, 2.05) is 12.4 Å². The summed E-state index contributed by atoms with van der Waals surface area (Å²) in [4.78, 5) is 9.03. The van der Waals surface area contributed by atoms with Gasteiger partial charge in [0.1, 0.15) is 0 Å². The Kier molecular flexibility index (Phi) is 3.56. The number of piperazine rings is 1.